The number of carbonyl (C=O) groups is 1. The van der Waals surface area contributed by atoms with Gasteiger partial charge in [0.2, 0.25) is 12.7 Å². The highest BCUT2D eigenvalue weighted by atomic mass is 16.7. The molecule has 1 aromatic heterocycles. The molecule has 1 amide bonds. The van der Waals surface area contributed by atoms with Gasteiger partial charge in [-0.15, -0.1) is 0 Å². The van der Waals surface area contributed by atoms with Gasteiger partial charge in [-0.1, -0.05) is 6.07 Å². The number of piperazine rings is 1. The Kier molecular flexibility index (Phi) is 5.89. The molecule has 2 aromatic rings. The fourth-order valence-corrected chi connectivity index (χ4v) is 3.40. The summed E-state index contributed by atoms with van der Waals surface area (Å²) in [6.07, 6.45) is 3.62. The Bertz CT molecular complexity index is 802. The third-order valence-corrected chi connectivity index (χ3v) is 4.81. The van der Waals surface area contributed by atoms with Crippen LogP contribution in [0.15, 0.2) is 42.7 Å². The van der Waals surface area contributed by atoms with Gasteiger partial charge in [-0.2, -0.15) is 0 Å². The van der Waals surface area contributed by atoms with Crippen LogP contribution in [0, 0.1) is 0 Å². The molecule has 2 aliphatic rings. The van der Waals surface area contributed by atoms with Gasteiger partial charge >= 0.3 is 0 Å². The first-order chi connectivity index (χ1) is 13.8. The summed E-state index contributed by atoms with van der Waals surface area (Å²) in [7, 11) is 0. The molecule has 2 aliphatic heterocycles. The van der Waals surface area contributed by atoms with Crippen molar-refractivity contribution in [1.29, 1.82) is 0 Å². The first-order valence-corrected chi connectivity index (χ1v) is 9.43. The van der Waals surface area contributed by atoms with Crippen LogP contribution in [0.2, 0.25) is 0 Å². The van der Waals surface area contributed by atoms with Gasteiger partial charge in [0.05, 0.1) is 13.1 Å². The van der Waals surface area contributed by atoms with Crippen LogP contribution >= 0.6 is 0 Å². The molecule has 1 saturated heterocycles. The maximum atomic E-state index is 12.4. The molecule has 28 heavy (non-hydrogen) atoms. The molecule has 0 bridgehead atoms. The molecule has 0 radical (unpaired) electrons. The van der Waals surface area contributed by atoms with E-state index >= 15 is 0 Å². The molecule has 8 heteroatoms. The number of benzene rings is 1. The quantitative estimate of drug-likeness (QED) is 0.688. The Morgan fingerprint density at radius 3 is 3.14 bits per heavy atom. The van der Waals surface area contributed by atoms with E-state index in [1.165, 1.54) is 0 Å². The summed E-state index contributed by atoms with van der Waals surface area (Å²) in [6, 6.07) is 9.57. The highest BCUT2D eigenvalue weighted by Gasteiger charge is 2.25. The number of amides is 1. The van der Waals surface area contributed by atoms with Crippen LogP contribution in [0.3, 0.4) is 0 Å². The zero-order valence-corrected chi connectivity index (χ0v) is 15.6. The maximum Gasteiger partial charge on any atom is 0.234 e. The smallest absolute Gasteiger partial charge is 0.234 e. The SMILES string of the molecule is O=C(CN1CCNCC1c1cccnc1)NCCOc1ccc2c(c1)OCO2. The van der Waals surface area contributed by atoms with Crippen LogP contribution in [0.25, 0.3) is 0 Å². The number of carbonyl (C=O) groups excluding carboxylic acids is 1. The molecule has 1 atom stereocenters. The number of hydrogen-bond acceptors (Lipinski definition) is 7. The summed E-state index contributed by atoms with van der Waals surface area (Å²) < 4.78 is 16.3. The Morgan fingerprint density at radius 1 is 1.32 bits per heavy atom. The molecule has 148 valence electrons. The van der Waals surface area contributed by atoms with Crippen LogP contribution in [0.1, 0.15) is 11.6 Å². The number of nitrogens with zero attached hydrogens (tertiary/aromatic N) is 2. The Balaban J connectivity index is 1.22. The second-order valence-corrected chi connectivity index (χ2v) is 6.69. The zero-order valence-electron chi connectivity index (χ0n) is 15.6. The van der Waals surface area contributed by atoms with Gasteiger partial charge in [-0.05, 0) is 23.8 Å². The lowest BCUT2D eigenvalue weighted by Crippen LogP contribution is -2.49. The number of aromatic nitrogens is 1. The summed E-state index contributed by atoms with van der Waals surface area (Å²) in [4.78, 5) is 18.8. The number of ether oxygens (including phenoxy) is 3. The third kappa shape index (κ3) is 4.52. The Morgan fingerprint density at radius 2 is 2.25 bits per heavy atom. The van der Waals surface area contributed by atoms with Crippen molar-refractivity contribution in [2.24, 2.45) is 0 Å². The molecule has 1 unspecified atom stereocenters. The van der Waals surface area contributed by atoms with Crippen molar-refractivity contribution in [2.75, 3.05) is 46.1 Å². The lowest BCUT2D eigenvalue weighted by Gasteiger charge is -2.35. The normalized spacial score (nSPS) is 18.6. The molecular formula is C20H24N4O4. The van der Waals surface area contributed by atoms with E-state index in [0.29, 0.717) is 31.2 Å². The predicted octanol–water partition coefficient (Wildman–Crippen LogP) is 0.952. The van der Waals surface area contributed by atoms with Crippen LogP contribution in [-0.2, 0) is 4.79 Å². The standard InChI is InChI=1S/C20H24N4O4/c25-20(13-24-8-6-22-12-17(24)15-2-1-5-21-11-15)23-7-9-26-16-3-4-18-19(10-16)28-14-27-18/h1-5,10-11,17,22H,6-9,12-14H2,(H,23,25). The van der Waals surface area contributed by atoms with Gasteiger partial charge in [-0.3, -0.25) is 14.7 Å². The highest BCUT2D eigenvalue weighted by Crippen LogP contribution is 2.34. The number of nitrogens with one attached hydrogen (secondary N) is 2. The van der Waals surface area contributed by atoms with Crippen LogP contribution in [0.4, 0.5) is 0 Å². The molecule has 3 heterocycles. The third-order valence-electron chi connectivity index (χ3n) is 4.81. The molecule has 0 saturated carbocycles. The van der Waals surface area contributed by atoms with E-state index in [1.807, 2.05) is 24.4 Å². The van der Waals surface area contributed by atoms with Crippen LogP contribution in [-0.4, -0.2) is 61.9 Å². The van der Waals surface area contributed by atoms with E-state index in [4.69, 9.17) is 14.2 Å². The van der Waals surface area contributed by atoms with E-state index in [-0.39, 0.29) is 18.7 Å². The Labute approximate surface area is 163 Å². The minimum Gasteiger partial charge on any atom is -0.492 e. The molecule has 8 nitrogen and oxygen atoms in total. The topological polar surface area (TPSA) is 85.0 Å². The van der Waals surface area contributed by atoms with Crippen molar-refractivity contribution >= 4 is 5.91 Å². The van der Waals surface area contributed by atoms with Gasteiger partial charge in [0, 0.05) is 44.1 Å². The average molecular weight is 384 g/mol. The molecule has 0 spiro atoms. The van der Waals surface area contributed by atoms with E-state index < -0.39 is 0 Å². The maximum absolute atomic E-state index is 12.4. The Hall–Kier alpha value is -2.84. The zero-order chi connectivity index (χ0) is 19.2. The molecule has 4 rings (SSSR count). The second-order valence-electron chi connectivity index (χ2n) is 6.69. The van der Waals surface area contributed by atoms with Crippen molar-refractivity contribution in [3.63, 3.8) is 0 Å². The van der Waals surface area contributed by atoms with E-state index in [1.54, 1.807) is 12.3 Å². The number of hydrogen-bond donors (Lipinski definition) is 2. The van der Waals surface area contributed by atoms with Crippen molar-refractivity contribution in [1.82, 2.24) is 20.5 Å². The summed E-state index contributed by atoms with van der Waals surface area (Å²) >= 11 is 0. The fourth-order valence-electron chi connectivity index (χ4n) is 3.40. The first kappa shape index (κ1) is 18.5. The highest BCUT2D eigenvalue weighted by molar-refractivity contribution is 5.78. The van der Waals surface area contributed by atoms with E-state index in [2.05, 4.69) is 26.6 Å². The first-order valence-electron chi connectivity index (χ1n) is 9.43. The van der Waals surface area contributed by atoms with Crippen molar-refractivity contribution in [3.8, 4) is 17.2 Å². The number of rotatable bonds is 7. The van der Waals surface area contributed by atoms with Gasteiger partial charge in [0.1, 0.15) is 12.4 Å². The van der Waals surface area contributed by atoms with Crippen molar-refractivity contribution in [2.45, 2.75) is 6.04 Å². The van der Waals surface area contributed by atoms with Crippen molar-refractivity contribution in [3.05, 3.63) is 48.3 Å². The summed E-state index contributed by atoms with van der Waals surface area (Å²) in [5, 5.41) is 6.31. The van der Waals surface area contributed by atoms with E-state index in [9.17, 15) is 4.79 Å². The summed E-state index contributed by atoms with van der Waals surface area (Å²) in [5.74, 6) is 2.09. The van der Waals surface area contributed by atoms with Gasteiger partial charge < -0.3 is 24.8 Å². The van der Waals surface area contributed by atoms with E-state index in [0.717, 1.165) is 30.9 Å². The minimum atomic E-state index is -0.00919. The summed E-state index contributed by atoms with van der Waals surface area (Å²) in [6.45, 7) is 3.92. The van der Waals surface area contributed by atoms with Crippen LogP contribution in [0.5, 0.6) is 17.2 Å². The number of fused-ring (bicyclic) bond motifs is 1. The average Bonchev–Trinajstić information content (AvgIpc) is 3.20. The second kappa shape index (κ2) is 8.90. The molecule has 1 fully saturated rings. The minimum absolute atomic E-state index is 0.00919. The largest absolute Gasteiger partial charge is 0.492 e. The summed E-state index contributed by atoms with van der Waals surface area (Å²) in [5.41, 5.74) is 1.12. The van der Waals surface area contributed by atoms with Gasteiger partial charge in [0.15, 0.2) is 11.5 Å². The lowest BCUT2D eigenvalue weighted by molar-refractivity contribution is -0.123. The lowest BCUT2D eigenvalue weighted by atomic mass is 10.1. The predicted molar refractivity (Wildman–Crippen MR) is 102 cm³/mol. The van der Waals surface area contributed by atoms with Crippen molar-refractivity contribution < 1.29 is 19.0 Å². The van der Waals surface area contributed by atoms with Crippen LogP contribution < -0.4 is 24.8 Å². The van der Waals surface area contributed by atoms with Gasteiger partial charge in [-0.25, -0.2) is 0 Å². The molecular weight excluding hydrogens is 360 g/mol. The monoisotopic (exact) mass is 384 g/mol. The fraction of sp³-hybridized carbons (Fsp3) is 0.400. The number of pyridine rings is 1. The molecule has 1 aromatic carbocycles. The molecule has 2 N–H and O–H groups in total. The van der Waals surface area contributed by atoms with Gasteiger partial charge in [0.25, 0.3) is 0 Å². The molecule has 0 aliphatic carbocycles.